The third-order valence-electron chi connectivity index (χ3n) is 3.91. The molecule has 1 fully saturated rings. The van der Waals surface area contributed by atoms with Crippen molar-refractivity contribution in [1.82, 2.24) is 29.9 Å². The van der Waals surface area contributed by atoms with Gasteiger partial charge < -0.3 is 5.32 Å². The first kappa shape index (κ1) is 13.9. The molecule has 4 heterocycles. The van der Waals surface area contributed by atoms with E-state index in [2.05, 4.69) is 20.5 Å². The van der Waals surface area contributed by atoms with E-state index in [9.17, 15) is 14.4 Å². The number of amides is 1. The van der Waals surface area contributed by atoms with Gasteiger partial charge in [0.05, 0.1) is 23.8 Å². The molecular formula is C13H12N6O3S. The Kier molecular flexibility index (Phi) is 2.94. The standard InChI is InChI=1S/C13H12N6O3S/c1-6-9-10(23-12(6)19-15-2-3-16-19)17-13(22)18(11(9)21)7-4-8(20)14-5-7/h2-3,7H,4-5H2,1H3,(H,14,20)(H,17,22). The topological polar surface area (TPSA) is 115 Å². The number of carbonyl (C=O) groups excluding carboxylic acids is 1. The highest BCUT2D eigenvalue weighted by Gasteiger charge is 2.27. The fourth-order valence-corrected chi connectivity index (χ4v) is 3.94. The molecule has 3 aromatic rings. The lowest BCUT2D eigenvalue weighted by Gasteiger charge is -2.10. The third kappa shape index (κ3) is 2.02. The van der Waals surface area contributed by atoms with Crippen molar-refractivity contribution < 1.29 is 4.79 Å². The number of thiophene rings is 1. The summed E-state index contributed by atoms with van der Waals surface area (Å²) in [4.78, 5) is 41.1. The zero-order valence-corrected chi connectivity index (χ0v) is 12.9. The monoisotopic (exact) mass is 332 g/mol. The number of rotatable bonds is 2. The van der Waals surface area contributed by atoms with Gasteiger partial charge in [-0.25, -0.2) is 4.79 Å². The van der Waals surface area contributed by atoms with Crippen LogP contribution >= 0.6 is 11.3 Å². The summed E-state index contributed by atoms with van der Waals surface area (Å²) in [6.45, 7) is 2.07. The molecule has 1 atom stereocenters. The molecule has 9 nitrogen and oxygen atoms in total. The highest BCUT2D eigenvalue weighted by atomic mass is 32.1. The van der Waals surface area contributed by atoms with Gasteiger partial charge in [0, 0.05) is 18.5 Å². The number of carbonyl (C=O) groups is 1. The predicted molar refractivity (Wildman–Crippen MR) is 83.0 cm³/mol. The summed E-state index contributed by atoms with van der Waals surface area (Å²) in [6, 6.07) is -0.464. The van der Waals surface area contributed by atoms with Gasteiger partial charge in [-0.2, -0.15) is 10.2 Å². The Bertz CT molecular complexity index is 1030. The number of H-pyrrole nitrogens is 1. The van der Waals surface area contributed by atoms with Gasteiger partial charge in [0.15, 0.2) is 0 Å². The van der Waals surface area contributed by atoms with Crippen molar-refractivity contribution in [3.8, 4) is 5.00 Å². The van der Waals surface area contributed by atoms with Crippen molar-refractivity contribution in [3.05, 3.63) is 38.8 Å². The minimum atomic E-state index is -0.509. The molecular weight excluding hydrogens is 320 g/mol. The van der Waals surface area contributed by atoms with Gasteiger partial charge >= 0.3 is 5.69 Å². The molecule has 0 aromatic carbocycles. The summed E-state index contributed by atoms with van der Waals surface area (Å²) in [5.41, 5.74) is -0.198. The highest BCUT2D eigenvalue weighted by molar-refractivity contribution is 7.21. The molecule has 0 spiro atoms. The normalized spacial score (nSPS) is 17.8. The lowest BCUT2D eigenvalue weighted by atomic mass is 10.2. The number of aromatic amines is 1. The first-order valence-electron chi connectivity index (χ1n) is 6.97. The zero-order chi connectivity index (χ0) is 16.1. The van der Waals surface area contributed by atoms with Crippen LogP contribution in [0.3, 0.4) is 0 Å². The molecule has 0 saturated carbocycles. The number of hydrogen-bond acceptors (Lipinski definition) is 6. The Hall–Kier alpha value is -2.75. The second kappa shape index (κ2) is 4.88. The Morgan fingerprint density at radius 1 is 1.26 bits per heavy atom. The molecule has 4 rings (SSSR count). The smallest absolute Gasteiger partial charge is 0.329 e. The van der Waals surface area contributed by atoms with Crippen molar-refractivity contribution in [2.75, 3.05) is 6.54 Å². The fourth-order valence-electron chi connectivity index (χ4n) is 2.83. The second-order valence-electron chi connectivity index (χ2n) is 5.32. The summed E-state index contributed by atoms with van der Waals surface area (Å²) in [5, 5.41) is 11.9. The van der Waals surface area contributed by atoms with E-state index in [-0.39, 0.29) is 18.9 Å². The summed E-state index contributed by atoms with van der Waals surface area (Å²) in [6.07, 6.45) is 3.21. The molecule has 1 saturated heterocycles. The average Bonchev–Trinajstić information content (AvgIpc) is 3.20. The molecule has 1 unspecified atom stereocenters. The summed E-state index contributed by atoms with van der Waals surface area (Å²) >= 11 is 1.25. The van der Waals surface area contributed by atoms with E-state index in [0.29, 0.717) is 20.8 Å². The van der Waals surface area contributed by atoms with Gasteiger partial charge in [-0.3, -0.25) is 19.1 Å². The van der Waals surface area contributed by atoms with Crippen LogP contribution in [0.5, 0.6) is 0 Å². The van der Waals surface area contributed by atoms with Crippen LogP contribution in [-0.2, 0) is 4.79 Å². The van der Waals surface area contributed by atoms with Gasteiger partial charge in [0.1, 0.15) is 9.83 Å². The summed E-state index contributed by atoms with van der Waals surface area (Å²) < 4.78 is 1.13. The lowest BCUT2D eigenvalue weighted by Crippen LogP contribution is -2.38. The van der Waals surface area contributed by atoms with Gasteiger partial charge in [-0.1, -0.05) is 11.3 Å². The van der Waals surface area contributed by atoms with E-state index in [0.717, 1.165) is 4.57 Å². The Morgan fingerprint density at radius 2 is 2.00 bits per heavy atom. The molecule has 1 aliphatic heterocycles. The molecule has 118 valence electrons. The Labute approximate surface area is 132 Å². The van der Waals surface area contributed by atoms with Crippen molar-refractivity contribution in [2.45, 2.75) is 19.4 Å². The largest absolute Gasteiger partial charge is 0.354 e. The van der Waals surface area contributed by atoms with Crippen LogP contribution in [0, 0.1) is 6.92 Å². The van der Waals surface area contributed by atoms with Gasteiger partial charge in [-0.05, 0) is 6.92 Å². The quantitative estimate of drug-likeness (QED) is 0.669. The number of hydrogen-bond donors (Lipinski definition) is 2. The van der Waals surface area contributed by atoms with Crippen LogP contribution in [-0.4, -0.2) is 37.0 Å². The third-order valence-corrected chi connectivity index (χ3v) is 5.09. The second-order valence-corrected chi connectivity index (χ2v) is 6.32. The molecule has 0 bridgehead atoms. The maximum Gasteiger partial charge on any atom is 0.329 e. The highest BCUT2D eigenvalue weighted by Crippen LogP contribution is 2.29. The van der Waals surface area contributed by atoms with E-state index in [1.165, 1.54) is 16.1 Å². The van der Waals surface area contributed by atoms with Crippen LogP contribution < -0.4 is 16.6 Å². The SMILES string of the molecule is Cc1c(-n2nccn2)sc2[nH]c(=O)n(C3CNC(=O)C3)c(=O)c12. The molecule has 3 aromatic heterocycles. The van der Waals surface area contributed by atoms with E-state index < -0.39 is 17.3 Å². The maximum absolute atomic E-state index is 12.8. The van der Waals surface area contributed by atoms with Crippen molar-refractivity contribution in [2.24, 2.45) is 0 Å². The zero-order valence-electron chi connectivity index (χ0n) is 12.1. The molecule has 0 aliphatic carbocycles. The first-order chi connectivity index (χ1) is 11.1. The summed E-state index contributed by atoms with van der Waals surface area (Å²) in [5.74, 6) is -0.162. The minimum absolute atomic E-state index is 0.130. The molecule has 10 heteroatoms. The fraction of sp³-hybridized carbons (Fsp3) is 0.308. The van der Waals surface area contributed by atoms with Crippen LogP contribution in [0.4, 0.5) is 0 Å². The predicted octanol–water partition coefficient (Wildman–Crippen LogP) is -0.299. The average molecular weight is 332 g/mol. The number of aryl methyl sites for hydroxylation is 1. The Morgan fingerprint density at radius 3 is 2.65 bits per heavy atom. The maximum atomic E-state index is 12.8. The minimum Gasteiger partial charge on any atom is -0.354 e. The Balaban J connectivity index is 1.98. The summed E-state index contributed by atoms with van der Waals surface area (Å²) in [7, 11) is 0. The van der Waals surface area contributed by atoms with Crippen LogP contribution in [0.25, 0.3) is 15.2 Å². The molecule has 1 amide bonds. The van der Waals surface area contributed by atoms with Crippen molar-refractivity contribution >= 4 is 27.5 Å². The molecule has 0 radical (unpaired) electrons. The van der Waals surface area contributed by atoms with Crippen molar-refractivity contribution in [3.63, 3.8) is 0 Å². The van der Waals surface area contributed by atoms with E-state index in [4.69, 9.17) is 0 Å². The van der Waals surface area contributed by atoms with Crippen LogP contribution in [0.1, 0.15) is 18.0 Å². The van der Waals surface area contributed by atoms with E-state index in [1.54, 1.807) is 19.3 Å². The number of fused-ring (bicyclic) bond motifs is 1. The first-order valence-corrected chi connectivity index (χ1v) is 7.79. The van der Waals surface area contributed by atoms with Gasteiger partial charge in [0.2, 0.25) is 5.91 Å². The van der Waals surface area contributed by atoms with Crippen LogP contribution in [0.15, 0.2) is 22.0 Å². The number of nitrogens with one attached hydrogen (secondary N) is 2. The van der Waals surface area contributed by atoms with E-state index >= 15 is 0 Å². The number of aromatic nitrogens is 5. The lowest BCUT2D eigenvalue weighted by molar-refractivity contribution is -0.119. The van der Waals surface area contributed by atoms with Crippen LogP contribution in [0.2, 0.25) is 0 Å². The van der Waals surface area contributed by atoms with E-state index in [1.807, 2.05) is 0 Å². The molecule has 1 aliphatic rings. The number of nitrogens with zero attached hydrogens (tertiary/aromatic N) is 4. The van der Waals surface area contributed by atoms with Gasteiger partial charge in [0.25, 0.3) is 5.56 Å². The van der Waals surface area contributed by atoms with Crippen molar-refractivity contribution in [1.29, 1.82) is 0 Å². The molecule has 2 N–H and O–H groups in total. The van der Waals surface area contributed by atoms with Gasteiger partial charge in [-0.15, -0.1) is 4.80 Å². The molecule has 23 heavy (non-hydrogen) atoms.